The van der Waals surface area contributed by atoms with Crippen LogP contribution in [0.1, 0.15) is 53.1 Å². The van der Waals surface area contributed by atoms with E-state index in [9.17, 15) is 4.79 Å². The van der Waals surface area contributed by atoms with Crippen molar-refractivity contribution in [1.82, 2.24) is 24.6 Å². The Morgan fingerprint density at radius 2 is 2.04 bits per heavy atom. The minimum absolute atomic E-state index is 0.0733. The van der Waals surface area contributed by atoms with E-state index in [1.54, 1.807) is 11.3 Å². The molecule has 1 amide bonds. The summed E-state index contributed by atoms with van der Waals surface area (Å²) in [6.45, 7) is 7.43. The first-order valence-electron chi connectivity index (χ1n) is 8.88. The van der Waals surface area contributed by atoms with Crippen LogP contribution in [0.15, 0.2) is 29.6 Å². The smallest absolute Gasteiger partial charge is 0.255 e. The zero-order chi connectivity index (χ0) is 18.3. The average molecular weight is 367 g/mol. The van der Waals surface area contributed by atoms with Gasteiger partial charge in [-0.2, -0.15) is 0 Å². The molecule has 1 aliphatic rings. The molecule has 0 radical (unpaired) electrons. The zero-order valence-corrected chi connectivity index (χ0v) is 16.0. The monoisotopic (exact) mass is 367 g/mol. The Balaban J connectivity index is 1.71. The molecule has 1 aliphatic heterocycles. The Kier molecular flexibility index (Phi) is 4.32. The minimum Gasteiger partial charge on any atom is -0.324 e. The van der Waals surface area contributed by atoms with E-state index in [4.69, 9.17) is 4.98 Å². The number of hydrogen-bond acceptors (Lipinski definition) is 5. The van der Waals surface area contributed by atoms with E-state index < -0.39 is 0 Å². The molecule has 3 heterocycles. The fourth-order valence-electron chi connectivity index (χ4n) is 3.48. The average Bonchev–Trinajstić information content (AvgIpc) is 3.35. The number of fused-ring (bicyclic) bond motifs is 1. The van der Waals surface area contributed by atoms with E-state index in [1.807, 2.05) is 53.1 Å². The van der Waals surface area contributed by atoms with Crippen molar-refractivity contribution in [2.45, 2.75) is 46.3 Å². The summed E-state index contributed by atoms with van der Waals surface area (Å²) in [5.41, 5.74) is 2.67. The maximum Gasteiger partial charge on any atom is 0.255 e. The van der Waals surface area contributed by atoms with Crippen molar-refractivity contribution in [3.63, 3.8) is 0 Å². The molecule has 0 saturated carbocycles. The topological polar surface area (TPSA) is 63.9 Å². The summed E-state index contributed by atoms with van der Waals surface area (Å²) in [6, 6.07) is 7.72. The van der Waals surface area contributed by atoms with Crippen LogP contribution in [0.2, 0.25) is 0 Å². The number of aryl methyl sites for hydroxylation is 2. The molecule has 0 aliphatic carbocycles. The summed E-state index contributed by atoms with van der Waals surface area (Å²) in [6.07, 6.45) is 0.786. The number of benzene rings is 1. The number of hydrogen-bond donors (Lipinski definition) is 0. The summed E-state index contributed by atoms with van der Waals surface area (Å²) < 4.78 is 1.90. The molecule has 0 bridgehead atoms. The van der Waals surface area contributed by atoms with Crippen LogP contribution in [0.3, 0.4) is 0 Å². The summed E-state index contributed by atoms with van der Waals surface area (Å²) in [7, 11) is 0. The third-order valence-corrected chi connectivity index (χ3v) is 5.53. The van der Waals surface area contributed by atoms with E-state index in [-0.39, 0.29) is 11.9 Å². The molecular weight excluding hydrogens is 346 g/mol. The summed E-state index contributed by atoms with van der Waals surface area (Å²) >= 11 is 1.59. The summed E-state index contributed by atoms with van der Waals surface area (Å²) in [5.74, 6) is 1.54. The number of thiazole rings is 1. The predicted octanol–water partition coefficient (Wildman–Crippen LogP) is 3.84. The van der Waals surface area contributed by atoms with Gasteiger partial charge >= 0.3 is 0 Å². The van der Waals surface area contributed by atoms with Gasteiger partial charge in [0.2, 0.25) is 5.82 Å². The van der Waals surface area contributed by atoms with E-state index in [0.717, 1.165) is 34.1 Å². The molecule has 6 nitrogen and oxygen atoms in total. The lowest BCUT2D eigenvalue weighted by Gasteiger charge is -2.26. The zero-order valence-electron chi connectivity index (χ0n) is 15.1. The maximum absolute atomic E-state index is 12.9. The molecule has 134 valence electrons. The van der Waals surface area contributed by atoms with Gasteiger partial charge < -0.3 is 4.90 Å². The highest BCUT2D eigenvalue weighted by molar-refractivity contribution is 7.09. The van der Waals surface area contributed by atoms with Gasteiger partial charge in [0.25, 0.3) is 5.91 Å². The van der Waals surface area contributed by atoms with Gasteiger partial charge in [-0.25, -0.2) is 14.6 Å². The molecule has 0 unspecified atom stereocenters. The van der Waals surface area contributed by atoms with Crippen molar-refractivity contribution in [1.29, 1.82) is 0 Å². The number of carbonyl (C=O) groups is 1. The second-order valence-electron chi connectivity index (χ2n) is 6.38. The Morgan fingerprint density at radius 1 is 1.23 bits per heavy atom. The lowest BCUT2D eigenvalue weighted by atomic mass is 10.1. The minimum atomic E-state index is -0.101. The van der Waals surface area contributed by atoms with Crippen LogP contribution in [0.4, 0.5) is 0 Å². The first-order valence-corrected chi connectivity index (χ1v) is 9.76. The van der Waals surface area contributed by atoms with Crippen LogP contribution in [-0.4, -0.2) is 30.6 Å². The molecule has 7 heteroatoms. The highest BCUT2D eigenvalue weighted by Crippen LogP contribution is 2.33. The Hall–Kier alpha value is -2.54. The molecule has 2 aromatic heterocycles. The van der Waals surface area contributed by atoms with Gasteiger partial charge in [-0.3, -0.25) is 4.79 Å². The number of aromatic nitrogens is 4. The van der Waals surface area contributed by atoms with Crippen LogP contribution in [0.5, 0.6) is 0 Å². The Morgan fingerprint density at radius 3 is 2.69 bits per heavy atom. The highest BCUT2D eigenvalue weighted by Gasteiger charge is 2.35. The SMILES string of the molecule is CC[C@@H](c1nc(-c2csc(C)n2)nn1CC)N1Cc2ccccc2C1=O. The van der Waals surface area contributed by atoms with E-state index in [2.05, 4.69) is 17.0 Å². The van der Waals surface area contributed by atoms with Crippen LogP contribution in [-0.2, 0) is 13.1 Å². The highest BCUT2D eigenvalue weighted by atomic mass is 32.1. The van der Waals surface area contributed by atoms with Gasteiger partial charge in [-0.05, 0) is 31.9 Å². The van der Waals surface area contributed by atoms with Gasteiger partial charge in [0.05, 0.1) is 11.0 Å². The van der Waals surface area contributed by atoms with Crippen molar-refractivity contribution < 1.29 is 4.79 Å². The van der Waals surface area contributed by atoms with E-state index in [1.165, 1.54) is 0 Å². The van der Waals surface area contributed by atoms with Crippen molar-refractivity contribution in [3.05, 3.63) is 51.6 Å². The van der Waals surface area contributed by atoms with Crippen LogP contribution in [0.25, 0.3) is 11.5 Å². The molecule has 0 saturated heterocycles. The summed E-state index contributed by atoms with van der Waals surface area (Å²) in [4.78, 5) is 24.1. The van der Waals surface area contributed by atoms with Crippen LogP contribution < -0.4 is 0 Å². The van der Waals surface area contributed by atoms with Gasteiger partial charge in [-0.1, -0.05) is 25.1 Å². The number of nitrogens with zero attached hydrogens (tertiary/aromatic N) is 5. The Labute approximate surface area is 156 Å². The number of rotatable bonds is 5. The fraction of sp³-hybridized carbons (Fsp3) is 0.368. The van der Waals surface area contributed by atoms with Crippen molar-refractivity contribution in [3.8, 4) is 11.5 Å². The fourth-order valence-corrected chi connectivity index (χ4v) is 4.07. The second-order valence-corrected chi connectivity index (χ2v) is 7.44. The van der Waals surface area contributed by atoms with E-state index >= 15 is 0 Å². The Bertz CT molecular complexity index is 961. The normalized spacial score (nSPS) is 14.7. The lowest BCUT2D eigenvalue weighted by Crippen LogP contribution is -2.31. The molecule has 4 rings (SSSR count). The molecule has 3 aromatic rings. The number of amides is 1. The van der Waals surface area contributed by atoms with Gasteiger partial charge in [-0.15, -0.1) is 16.4 Å². The lowest BCUT2D eigenvalue weighted by molar-refractivity contribution is 0.0683. The molecule has 1 aromatic carbocycles. The molecule has 0 spiro atoms. The van der Waals surface area contributed by atoms with Gasteiger partial charge in [0.1, 0.15) is 11.5 Å². The molecule has 1 atom stereocenters. The summed E-state index contributed by atoms with van der Waals surface area (Å²) in [5, 5.41) is 7.61. The molecule has 0 fully saturated rings. The van der Waals surface area contributed by atoms with Gasteiger partial charge in [0.15, 0.2) is 0 Å². The predicted molar refractivity (Wildman–Crippen MR) is 101 cm³/mol. The van der Waals surface area contributed by atoms with Crippen molar-refractivity contribution >= 4 is 17.2 Å². The first-order chi connectivity index (χ1) is 12.6. The second kappa shape index (κ2) is 6.64. The first kappa shape index (κ1) is 16.9. The van der Waals surface area contributed by atoms with Crippen LogP contribution in [0, 0.1) is 6.92 Å². The van der Waals surface area contributed by atoms with Crippen molar-refractivity contribution in [2.75, 3.05) is 0 Å². The van der Waals surface area contributed by atoms with Crippen LogP contribution >= 0.6 is 11.3 Å². The third kappa shape index (κ3) is 2.72. The largest absolute Gasteiger partial charge is 0.324 e. The third-order valence-electron chi connectivity index (χ3n) is 4.76. The molecular formula is C19H21N5OS. The van der Waals surface area contributed by atoms with Gasteiger partial charge in [0, 0.05) is 24.0 Å². The number of carbonyl (C=O) groups excluding carboxylic acids is 1. The van der Waals surface area contributed by atoms with Crippen molar-refractivity contribution in [2.24, 2.45) is 0 Å². The van der Waals surface area contributed by atoms with E-state index in [0.29, 0.717) is 18.9 Å². The molecule has 0 N–H and O–H groups in total. The maximum atomic E-state index is 12.9. The quantitative estimate of drug-likeness (QED) is 0.687. The molecule has 26 heavy (non-hydrogen) atoms. The standard InChI is InChI=1S/C19H21N5OS/c1-4-16(23-10-13-8-6-7-9-14(13)19(23)25)18-21-17(22-24(18)5-2)15-11-26-12(3)20-15/h6-9,11,16H,4-5,10H2,1-3H3/t16-/m0/s1.